The Hall–Kier alpha value is -2.68. The van der Waals surface area contributed by atoms with Crippen molar-refractivity contribution in [2.75, 3.05) is 18.1 Å². The summed E-state index contributed by atoms with van der Waals surface area (Å²) in [6.45, 7) is 5.24. The molecule has 1 aromatic carbocycles. The molecule has 1 N–H and O–H groups in total. The fraction of sp³-hybridized carbons (Fsp3) is 0.353. The number of carbonyl (C=O) groups is 1. The number of esters is 1. The van der Waals surface area contributed by atoms with Gasteiger partial charge < -0.3 is 18.8 Å². The van der Waals surface area contributed by atoms with Crippen LogP contribution in [0.15, 0.2) is 23.1 Å². The molecule has 8 nitrogen and oxygen atoms in total. The van der Waals surface area contributed by atoms with Crippen LogP contribution in [0.3, 0.4) is 0 Å². The molecule has 1 aromatic heterocycles. The highest BCUT2D eigenvalue weighted by atomic mass is 32.2. The summed E-state index contributed by atoms with van der Waals surface area (Å²) in [5.41, 5.74) is 1.35. The molecule has 0 bridgehead atoms. The maximum Gasteiger partial charge on any atom is 0.355 e. The monoisotopic (exact) mass is 380 g/mol. The number of sulfonamides is 1. The minimum Gasteiger partial charge on any atom is -0.461 e. The summed E-state index contributed by atoms with van der Waals surface area (Å²) in [6.07, 6.45) is 0. The zero-order valence-corrected chi connectivity index (χ0v) is 15.8. The van der Waals surface area contributed by atoms with Gasteiger partial charge in [-0.25, -0.2) is 13.2 Å². The SMILES string of the molecule is CCOC(=O)c1c(C)c(S(=O)(=O)Nc2ccc3c(c2)OCO3)c(C)n1C. The lowest BCUT2D eigenvalue weighted by Gasteiger charge is -2.10. The van der Waals surface area contributed by atoms with Crippen LogP contribution in [-0.2, 0) is 21.8 Å². The van der Waals surface area contributed by atoms with Gasteiger partial charge in [0, 0.05) is 24.4 Å². The summed E-state index contributed by atoms with van der Waals surface area (Å²) < 4.78 is 45.5. The fourth-order valence-corrected chi connectivity index (χ4v) is 4.57. The van der Waals surface area contributed by atoms with Crippen molar-refractivity contribution in [3.63, 3.8) is 0 Å². The average Bonchev–Trinajstić information content (AvgIpc) is 3.10. The van der Waals surface area contributed by atoms with Gasteiger partial charge in [-0.05, 0) is 32.9 Å². The first-order valence-corrected chi connectivity index (χ1v) is 9.50. The molecule has 1 aliphatic rings. The standard InChI is InChI=1S/C17H20N2O6S/c1-5-23-17(20)15-10(2)16(11(3)19(15)4)26(21,22)18-12-6-7-13-14(8-12)25-9-24-13/h6-8,18H,5,9H2,1-4H3. The van der Waals surface area contributed by atoms with Crippen molar-refractivity contribution in [3.05, 3.63) is 35.2 Å². The van der Waals surface area contributed by atoms with Gasteiger partial charge in [0.15, 0.2) is 11.5 Å². The molecule has 0 fully saturated rings. The van der Waals surface area contributed by atoms with Crippen molar-refractivity contribution in [2.45, 2.75) is 25.7 Å². The number of nitrogens with zero attached hydrogens (tertiary/aromatic N) is 1. The van der Waals surface area contributed by atoms with Gasteiger partial charge in [0.05, 0.1) is 12.3 Å². The molecule has 0 unspecified atom stereocenters. The van der Waals surface area contributed by atoms with Crippen molar-refractivity contribution in [2.24, 2.45) is 7.05 Å². The Balaban J connectivity index is 2.00. The molecule has 1 aliphatic heterocycles. The lowest BCUT2D eigenvalue weighted by atomic mass is 10.2. The zero-order valence-electron chi connectivity index (χ0n) is 15.0. The van der Waals surface area contributed by atoms with E-state index < -0.39 is 16.0 Å². The summed E-state index contributed by atoms with van der Waals surface area (Å²) >= 11 is 0. The first-order valence-electron chi connectivity index (χ1n) is 8.01. The van der Waals surface area contributed by atoms with Crippen molar-refractivity contribution < 1.29 is 27.4 Å². The Bertz CT molecular complexity index is 978. The summed E-state index contributed by atoms with van der Waals surface area (Å²) in [5, 5.41) is 0. The van der Waals surface area contributed by atoms with Crippen LogP contribution in [0, 0.1) is 13.8 Å². The van der Waals surface area contributed by atoms with Gasteiger partial charge >= 0.3 is 5.97 Å². The van der Waals surface area contributed by atoms with Crippen LogP contribution in [0.5, 0.6) is 11.5 Å². The van der Waals surface area contributed by atoms with Crippen molar-refractivity contribution in [1.82, 2.24) is 4.57 Å². The largest absolute Gasteiger partial charge is 0.461 e. The Morgan fingerprint density at radius 2 is 1.96 bits per heavy atom. The van der Waals surface area contributed by atoms with Crippen LogP contribution < -0.4 is 14.2 Å². The molecule has 0 atom stereocenters. The quantitative estimate of drug-likeness (QED) is 0.800. The van der Waals surface area contributed by atoms with E-state index in [9.17, 15) is 13.2 Å². The van der Waals surface area contributed by atoms with Gasteiger partial charge in [-0.15, -0.1) is 0 Å². The molecule has 26 heavy (non-hydrogen) atoms. The molecule has 140 valence electrons. The maximum absolute atomic E-state index is 12.9. The highest BCUT2D eigenvalue weighted by Crippen LogP contribution is 2.35. The molecule has 0 saturated heterocycles. The van der Waals surface area contributed by atoms with E-state index >= 15 is 0 Å². The number of carbonyl (C=O) groups excluding carboxylic acids is 1. The van der Waals surface area contributed by atoms with E-state index in [-0.39, 0.29) is 24.0 Å². The molecular weight excluding hydrogens is 360 g/mol. The molecular formula is C17H20N2O6S. The van der Waals surface area contributed by atoms with E-state index in [0.717, 1.165) is 0 Å². The number of rotatable bonds is 5. The lowest BCUT2D eigenvalue weighted by molar-refractivity contribution is 0.0514. The number of nitrogens with one attached hydrogen (secondary N) is 1. The van der Waals surface area contributed by atoms with Crippen LogP contribution in [-0.4, -0.2) is 32.4 Å². The van der Waals surface area contributed by atoms with E-state index in [2.05, 4.69) is 4.72 Å². The molecule has 2 heterocycles. The van der Waals surface area contributed by atoms with Crippen LogP contribution in [0.25, 0.3) is 0 Å². The molecule has 2 aromatic rings. The summed E-state index contributed by atoms with van der Waals surface area (Å²) in [4.78, 5) is 12.2. The number of ether oxygens (including phenoxy) is 3. The van der Waals surface area contributed by atoms with E-state index in [1.54, 1.807) is 46.0 Å². The minimum absolute atomic E-state index is 0.0562. The van der Waals surface area contributed by atoms with Gasteiger partial charge in [-0.3, -0.25) is 4.72 Å². The summed E-state index contributed by atoms with van der Waals surface area (Å²) in [6, 6.07) is 4.78. The predicted octanol–water partition coefficient (Wildman–Crippen LogP) is 2.35. The van der Waals surface area contributed by atoms with E-state index in [0.29, 0.717) is 28.4 Å². The van der Waals surface area contributed by atoms with Gasteiger partial charge in [-0.1, -0.05) is 0 Å². The fourth-order valence-electron chi connectivity index (χ4n) is 3.00. The number of aromatic nitrogens is 1. The van der Waals surface area contributed by atoms with Crippen LogP contribution in [0.4, 0.5) is 5.69 Å². The molecule has 3 rings (SSSR count). The van der Waals surface area contributed by atoms with Crippen molar-refractivity contribution in [1.29, 1.82) is 0 Å². The topological polar surface area (TPSA) is 95.9 Å². The average molecular weight is 380 g/mol. The van der Waals surface area contributed by atoms with Crippen molar-refractivity contribution >= 4 is 21.7 Å². The van der Waals surface area contributed by atoms with Gasteiger partial charge in [0.25, 0.3) is 10.0 Å². The molecule has 0 radical (unpaired) electrons. The van der Waals surface area contributed by atoms with Crippen molar-refractivity contribution in [3.8, 4) is 11.5 Å². The molecule has 0 saturated carbocycles. The van der Waals surface area contributed by atoms with Crippen LogP contribution >= 0.6 is 0 Å². The van der Waals surface area contributed by atoms with Crippen LogP contribution in [0.2, 0.25) is 0 Å². The van der Waals surface area contributed by atoms with Gasteiger partial charge in [0.1, 0.15) is 10.6 Å². The predicted molar refractivity (Wildman–Crippen MR) is 94.2 cm³/mol. The number of hydrogen-bond acceptors (Lipinski definition) is 6. The van der Waals surface area contributed by atoms with E-state index in [4.69, 9.17) is 14.2 Å². The number of benzene rings is 1. The van der Waals surface area contributed by atoms with E-state index in [1.165, 1.54) is 4.57 Å². The smallest absolute Gasteiger partial charge is 0.355 e. The second kappa shape index (κ2) is 6.56. The third-order valence-corrected chi connectivity index (χ3v) is 5.87. The highest BCUT2D eigenvalue weighted by Gasteiger charge is 2.30. The molecule has 0 aliphatic carbocycles. The summed E-state index contributed by atoms with van der Waals surface area (Å²) in [5.74, 6) is 0.476. The Morgan fingerprint density at radius 1 is 1.27 bits per heavy atom. The molecule has 9 heteroatoms. The summed E-state index contributed by atoms with van der Waals surface area (Å²) in [7, 11) is -2.28. The maximum atomic E-state index is 12.9. The number of fused-ring (bicyclic) bond motifs is 1. The van der Waals surface area contributed by atoms with Gasteiger partial charge in [0.2, 0.25) is 6.79 Å². The van der Waals surface area contributed by atoms with E-state index in [1.807, 2.05) is 0 Å². The Morgan fingerprint density at radius 3 is 2.65 bits per heavy atom. The Kier molecular flexibility index (Phi) is 4.57. The third kappa shape index (κ3) is 2.98. The zero-order chi connectivity index (χ0) is 19.1. The van der Waals surface area contributed by atoms with Crippen LogP contribution in [0.1, 0.15) is 28.7 Å². The van der Waals surface area contributed by atoms with Gasteiger partial charge in [-0.2, -0.15) is 0 Å². The first-order chi connectivity index (χ1) is 12.3. The number of hydrogen-bond donors (Lipinski definition) is 1. The lowest BCUT2D eigenvalue weighted by Crippen LogP contribution is -2.15. The number of anilines is 1. The molecule has 0 spiro atoms. The minimum atomic E-state index is -3.92. The second-order valence-corrected chi connectivity index (χ2v) is 7.46. The first kappa shape index (κ1) is 18.1. The molecule has 0 amide bonds. The normalized spacial score (nSPS) is 12.9. The highest BCUT2D eigenvalue weighted by molar-refractivity contribution is 7.92. The third-order valence-electron chi connectivity index (χ3n) is 4.23. The second-order valence-electron chi connectivity index (χ2n) is 5.84. The Labute approximate surface area is 151 Å².